The number of nitro groups is 1. The molecule has 144 valence electrons. The summed E-state index contributed by atoms with van der Waals surface area (Å²) < 4.78 is 2.59. The maximum absolute atomic E-state index is 13.2. The van der Waals surface area contributed by atoms with Crippen molar-refractivity contribution in [1.29, 1.82) is 0 Å². The molecule has 0 aliphatic rings. The minimum absolute atomic E-state index is 0.0321. The van der Waals surface area contributed by atoms with E-state index < -0.39 is 16.2 Å². The zero-order valence-corrected chi connectivity index (χ0v) is 15.1. The lowest BCUT2D eigenvalue weighted by Crippen LogP contribution is -2.40. The summed E-state index contributed by atoms with van der Waals surface area (Å²) in [6.07, 6.45) is 4.69. The molecule has 0 fully saturated rings. The molecule has 3 aromatic heterocycles. The van der Waals surface area contributed by atoms with Crippen LogP contribution in [0, 0.1) is 10.1 Å². The number of rotatable bonds is 5. The first-order valence-corrected chi connectivity index (χ1v) is 8.75. The molecule has 0 bridgehead atoms. The van der Waals surface area contributed by atoms with E-state index in [0.29, 0.717) is 11.1 Å². The van der Waals surface area contributed by atoms with Gasteiger partial charge in [-0.1, -0.05) is 12.1 Å². The molecule has 4 aromatic rings. The van der Waals surface area contributed by atoms with Gasteiger partial charge >= 0.3 is 5.69 Å². The van der Waals surface area contributed by atoms with E-state index in [1.54, 1.807) is 48.8 Å². The van der Waals surface area contributed by atoms with Gasteiger partial charge in [0.05, 0.1) is 23.5 Å². The van der Waals surface area contributed by atoms with Crippen LogP contribution in [-0.2, 0) is 13.1 Å². The van der Waals surface area contributed by atoms with Crippen LogP contribution in [0.1, 0.15) is 11.1 Å². The molecule has 0 N–H and O–H groups in total. The second-order valence-electron chi connectivity index (χ2n) is 6.41. The minimum atomic E-state index is -0.482. The minimum Gasteiger partial charge on any atom is -0.287 e. The third-order valence-electron chi connectivity index (χ3n) is 4.56. The molecule has 0 spiro atoms. The summed E-state index contributed by atoms with van der Waals surface area (Å²) in [5.41, 5.74) is 1.06. The molecule has 0 amide bonds. The Bertz CT molecular complexity index is 1310. The van der Waals surface area contributed by atoms with Gasteiger partial charge in [0.1, 0.15) is 0 Å². The van der Waals surface area contributed by atoms with Crippen molar-refractivity contribution in [2.45, 2.75) is 13.1 Å². The van der Waals surface area contributed by atoms with E-state index in [1.165, 1.54) is 22.9 Å². The maximum atomic E-state index is 13.2. The quantitative estimate of drug-likeness (QED) is 0.381. The van der Waals surface area contributed by atoms with Crippen LogP contribution in [0.3, 0.4) is 0 Å². The number of pyridine rings is 2. The highest BCUT2D eigenvalue weighted by Crippen LogP contribution is 2.14. The van der Waals surface area contributed by atoms with Crippen LogP contribution in [0.4, 0.5) is 5.69 Å². The van der Waals surface area contributed by atoms with Crippen molar-refractivity contribution in [2.75, 3.05) is 0 Å². The van der Waals surface area contributed by atoms with E-state index in [2.05, 4.69) is 9.97 Å². The number of fused-ring (bicyclic) bond motifs is 1. The topological polar surface area (TPSA) is 113 Å². The molecule has 0 radical (unpaired) electrons. The molecular formula is C20H15N5O4. The van der Waals surface area contributed by atoms with E-state index in [1.807, 2.05) is 0 Å². The predicted molar refractivity (Wildman–Crippen MR) is 106 cm³/mol. The number of nitrogens with zero attached hydrogens (tertiary/aromatic N) is 5. The van der Waals surface area contributed by atoms with Crippen molar-refractivity contribution >= 4 is 16.7 Å². The summed E-state index contributed by atoms with van der Waals surface area (Å²) >= 11 is 0. The highest BCUT2D eigenvalue weighted by Gasteiger charge is 2.15. The van der Waals surface area contributed by atoms with Gasteiger partial charge in [-0.05, 0) is 35.4 Å². The number of nitro benzene ring substituents is 1. The standard InChI is InChI=1S/C20H15N5O4/c26-19-18-17(2-1-9-22-18)23(12-14-3-5-16(6-4-14)25(28)29)20(27)24(19)13-15-7-10-21-11-8-15/h1-11H,12-13H2. The smallest absolute Gasteiger partial charge is 0.287 e. The van der Waals surface area contributed by atoms with Gasteiger partial charge < -0.3 is 0 Å². The second-order valence-corrected chi connectivity index (χ2v) is 6.41. The summed E-state index contributed by atoms with van der Waals surface area (Å²) in [6.45, 7) is 0.239. The highest BCUT2D eigenvalue weighted by molar-refractivity contribution is 5.73. The average Bonchev–Trinajstić information content (AvgIpc) is 2.75. The Morgan fingerprint density at radius 3 is 2.21 bits per heavy atom. The third-order valence-corrected chi connectivity index (χ3v) is 4.56. The van der Waals surface area contributed by atoms with Gasteiger partial charge in [0.25, 0.3) is 11.2 Å². The van der Waals surface area contributed by atoms with Crippen LogP contribution in [0.5, 0.6) is 0 Å². The number of benzene rings is 1. The fourth-order valence-electron chi connectivity index (χ4n) is 3.11. The molecule has 4 rings (SSSR count). The van der Waals surface area contributed by atoms with Crippen LogP contribution < -0.4 is 11.2 Å². The molecule has 9 nitrogen and oxygen atoms in total. The zero-order chi connectivity index (χ0) is 20.4. The van der Waals surface area contributed by atoms with Crippen molar-refractivity contribution in [3.8, 4) is 0 Å². The van der Waals surface area contributed by atoms with Gasteiger partial charge in [0.15, 0.2) is 5.52 Å². The lowest BCUT2D eigenvalue weighted by Gasteiger charge is -2.13. The molecule has 0 aliphatic carbocycles. The Kier molecular flexibility index (Phi) is 4.70. The Labute approximate surface area is 163 Å². The van der Waals surface area contributed by atoms with Crippen molar-refractivity contribution in [3.63, 3.8) is 0 Å². The van der Waals surface area contributed by atoms with E-state index in [-0.39, 0.29) is 24.3 Å². The molecule has 0 saturated heterocycles. The van der Waals surface area contributed by atoms with Crippen molar-refractivity contribution in [1.82, 2.24) is 19.1 Å². The molecule has 9 heteroatoms. The van der Waals surface area contributed by atoms with Crippen molar-refractivity contribution in [3.05, 3.63) is 109 Å². The Balaban J connectivity index is 1.85. The van der Waals surface area contributed by atoms with E-state index in [9.17, 15) is 19.7 Å². The summed E-state index contributed by atoms with van der Waals surface area (Å²) in [5.74, 6) is 0. The number of hydrogen-bond donors (Lipinski definition) is 0. The highest BCUT2D eigenvalue weighted by atomic mass is 16.6. The fraction of sp³-hybridized carbons (Fsp3) is 0.100. The van der Waals surface area contributed by atoms with Crippen LogP contribution in [0.25, 0.3) is 11.0 Å². The molecule has 0 saturated carbocycles. The second kappa shape index (κ2) is 7.47. The van der Waals surface area contributed by atoms with Crippen molar-refractivity contribution in [2.24, 2.45) is 0 Å². The Hall–Kier alpha value is -4.14. The van der Waals surface area contributed by atoms with Gasteiger partial charge in [-0.15, -0.1) is 0 Å². The van der Waals surface area contributed by atoms with E-state index >= 15 is 0 Å². The maximum Gasteiger partial charge on any atom is 0.332 e. The molecule has 0 atom stereocenters. The zero-order valence-electron chi connectivity index (χ0n) is 15.1. The monoisotopic (exact) mass is 389 g/mol. The largest absolute Gasteiger partial charge is 0.332 e. The van der Waals surface area contributed by atoms with Crippen LogP contribution in [0.15, 0.2) is 76.7 Å². The normalized spacial score (nSPS) is 10.9. The number of hydrogen-bond acceptors (Lipinski definition) is 6. The Morgan fingerprint density at radius 2 is 1.52 bits per heavy atom. The lowest BCUT2D eigenvalue weighted by atomic mass is 10.2. The van der Waals surface area contributed by atoms with Crippen LogP contribution >= 0.6 is 0 Å². The first kappa shape index (κ1) is 18.2. The van der Waals surface area contributed by atoms with Crippen LogP contribution in [0.2, 0.25) is 0 Å². The molecule has 0 unspecified atom stereocenters. The van der Waals surface area contributed by atoms with Gasteiger partial charge in [-0.2, -0.15) is 0 Å². The van der Waals surface area contributed by atoms with Crippen LogP contribution in [-0.4, -0.2) is 24.0 Å². The summed E-state index contributed by atoms with van der Waals surface area (Å²) in [6, 6.07) is 12.7. The number of aromatic nitrogens is 4. The van der Waals surface area contributed by atoms with Gasteiger partial charge in [-0.25, -0.2) is 9.78 Å². The molecule has 0 aliphatic heterocycles. The van der Waals surface area contributed by atoms with E-state index in [4.69, 9.17) is 0 Å². The molecule has 29 heavy (non-hydrogen) atoms. The number of non-ortho nitro benzene ring substituents is 1. The first-order valence-electron chi connectivity index (χ1n) is 8.75. The average molecular weight is 389 g/mol. The third kappa shape index (κ3) is 3.53. The first-order chi connectivity index (χ1) is 14.0. The SMILES string of the molecule is O=c1c2ncccc2n(Cc2ccc([N+](=O)[O-])cc2)c(=O)n1Cc1ccncc1. The molecule has 3 heterocycles. The van der Waals surface area contributed by atoms with Crippen molar-refractivity contribution < 1.29 is 4.92 Å². The van der Waals surface area contributed by atoms with Gasteiger partial charge in [0, 0.05) is 30.7 Å². The summed E-state index contributed by atoms with van der Waals surface area (Å²) in [4.78, 5) is 44.5. The summed E-state index contributed by atoms with van der Waals surface area (Å²) in [7, 11) is 0. The Morgan fingerprint density at radius 1 is 0.862 bits per heavy atom. The van der Waals surface area contributed by atoms with Gasteiger partial charge in [0.2, 0.25) is 0 Å². The molecular weight excluding hydrogens is 374 g/mol. The fourth-order valence-corrected chi connectivity index (χ4v) is 3.11. The summed E-state index contributed by atoms with van der Waals surface area (Å²) in [5, 5.41) is 10.9. The van der Waals surface area contributed by atoms with E-state index in [0.717, 1.165) is 10.1 Å². The molecule has 1 aromatic carbocycles. The predicted octanol–water partition coefficient (Wildman–Crippen LogP) is 1.96. The lowest BCUT2D eigenvalue weighted by molar-refractivity contribution is -0.384. The van der Waals surface area contributed by atoms with Gasteiger partial charge in [-0.3, -0.25) is 29.0 Å².